The minimum atomic E-state index is -0.332. The fourth-order valence-electron chi connectivity index (χ4n) is 1.52. The molecule has 1 aromatic rings. The van der Waals surface area contributed by atoms with E-state index in [0.29, 0.717) is 18.7 Å². The van der Waals surface area contributed by atoms with Gasteiger partial charge in [0.15, 0.2) is 0 Å². The van der Waals surface area contributed by atoms with Crippen molar-refractivity contribution in [1.29, 1.82) is 0 Å². The normalized spacial score (nSPS) is 14.2. The van der Waals surface area contributed by atoms with Gasteiger partial charge in [-0.1, -0.05) is 13.0 Å². The third-order valence-corrected chi connectivity index (χ3v) is 2.25. The van der Waals surface area contributed by atoms with Crippen LogP contribution < -0.4 is 5.32 Å². The van der Waals surface area contributed by atoms with Gasteiger partial charge in [0.25, 0.3) is 5.91 Å². The van der Waals surface area contributed by atoms with Crippen LogP contribution in [0.3, 0.4) is 0 Å². The maximum atomic E-state index is 11.6. The van der Waals surface area contributed by atoms with Crippen molar-refractivity contribution in [2.45, 2.75) is 26.4 Å². The molecule has 0 spiro atoms. The Bertz CT molecular complexity index is 325. The Hall–Kier alpha value is -1.42. The molecule has 0 saturated heterocycles. The Morgan fingerprint density at radius 1 is 1.50 bits per heavy atom. The highest BCUT2D eigenvalue weighted by molar-refractivity contribution is 5.92. The zero-order valence-corrected chi connectivity index (χ0v) is 9.68. The van der Waals surface area contributed by atoms with Gasteiger partial charge in [-0.3, -0.25) is 9.78 Å². The van der Waals surface area contributed by atoms with E-state index in [4.69, 9.17) is 0 Å². The maximum absolute atomic E-state index is 11.6. The summed E-state index contributed by atoms with van der Waals surface area (Å²) in [6.07, 6.45) is 1.94. The highest BCUT2D eigenvalue weighted by Crippen LogP contribution is 2.04. The SMILES string of the molecule is CC(O)CC(C)CNC(=O)c1ccccn1. The topological polar surface area (TPSA) is 62.2 Å². The van der Waals surface area contributed by atoms with Gasteiger partial charge in [-0.25, -0.2) is 0 Å². The third kappa shape index (κ3) is 4.40. The summed E-state index contributed by atoms with van der Waals surface area (Å²) in [5, 5.41) is 12.0. The molecule has 2 unspecified atom stereocenters. The number of aromatic nitrogens is 1. The number of rotatable bonds is 5. The molecule has 4 heteroatoms. The first-order valence-electron chi connectivity index (χ1n) is 5.47. The van der Waals surface area contributed by atoms with Crippen molar-refractivity contribution in [2.24, 2.45) is 5.92 Å². The van der Waals surface area contributed by atoms with Gasteiger partial charge in [-0.2, -0.15) is 0 Å². The molecule has 0 aromatic carbocycles. The van der Waals surface area contributed by atoms with E-state index < -0.39 is 0 Å². The van der Waals surface area contributed by atoms with Crippen LogP contribution in [0.4, 0.5) is 0 Å². The fraction of sp³-hybridized carbons (Fsp3) is 0.500. The Labute approximate surface area is 95.7 Å². The highest BCUT2D eigenvalue weighted by Gasteiger charge is 2.09. The van der Waals surface area contributed by atoms with E-state index in [1.54, 1.807) is 31.3 Å². The van der Waals surface area contributed by atoms with E-state index in [-0.39, 0.29) is 17.9 Å². The summed E-state index contributed by atoms with van der Waals surface area (Å²) in [5.41, 5.74) is 0.423. The fourth-order valence-corrected chi connectivity index (χ4v) is 1.52. The van der Waals surface area contributed by atoms with E-state index in [1.807, 2.05) is 6.92 Å². The van der Waals surface area contributed by atoms with Crippen molar-refractivity contribution in [2.75, 3.05) is 6.54 Å². The van der Waals surface area contributed by atoms with Crippen molar-refractivity contribution in [3.63, 3.8) is 0 Å². The number of pyridine rings is 1. The van der Waals surface area contributed by atoms with Gasteiger partial charge in [0.2, 0.25) is 0 Å². The Morgan fingerprint density at radius 2 is 2.25 bits per heavy atom. The second-order valence-corrected chi connectivity index (χ2v) is 4.11. The number of aliphatic hydroxyl groups excluding tert-OH is 1. The molecule has 16 heavy (non-hydrogen) atoms. The van der Waals surface area contributed by atoms with Crippen molar-refractivity contribution in [3.8, 4) is 0 Å². The van der Waals surface area contributed by atoms with Gasteiger partial charge in [-0.15, -0.1) is 0 Å². The molecule has 0 aliphatic heterocycles. The molecule has 4 nitrogen and oxygen atoms in total. The molecular formula is C12H18N2O2. The number of nitrogens with one attached hydrogen (secondary N) is 1. The summed E-state index contributed by atoms with van der Waals surface area (Å²) in [6.45, 7) is 4.29. The van der Waals surface area contributed by atoms with Gasteiger partial charge in [0.05, 0.1) is 6.10 Å². The van der Waals surface area contributed by atoms with Gasteiger partial charge in [-0.05, 0) is 31.4 Å². The summed E-state index contributed by atoms with van der Waals surface area (Å²) in [7, 11) is 0. The number of hydrogen-bond acceptors (Lipinski definition) is 3. The summed E-state index contributed by atoms with van der Waals surface area (Å²) >= 11 is 0. The second-order valence-electron chi connectivity index (χ2n) is 4.11. The summed E-state index contributed by atoms with van der Waals surface area (Å²) in [4.78, 5) is 15.6. The highest BCUT2D eigenvalue weighted by atomic mass is 16.3. The molecule has 88 valence electrons. The summed E-state index contributed by atoms with van der Waals surface area (Å²) < 4.78 is 0. The quantitative estimate of drug-likeness (QED) is 0.787. The summed E-state index contributed by atoms with van der Waals surface area (Å²) in [5.74, 6) is 0.0886. The number of carbonyl (C=O) groups excluding carboxylic acids is 1. The zero-order valence-electron chi connectivity index (χ0n) is 9.68. The van der Waals surface area contributed by atoms with E-state index in [2.05, 4.69) is 10.3 Å². The molecule has 2 N–H and O–H groups in total. The molecule has 0 bridgehead atoms. The van der Waals surface area contributed by atoms with Crippen LogP contribution in [0.2, 0.25) is 0 Å². The Balaban J connectivity index is 2.36. The lowest BCUT2D eigenvalue weighted by atomic mass is 10.0. The van der Waals surface area contributed by atoms with Crippen LogP contribution >= 0.6 is 0 Å². The zero-order chi connectivity index (χ0) is 12.0. The van der Waals surface area contributed by atoms with Crippen LogP contribution in [0, 0.1) is 5.92 Å². The number of nitrogens with zero attached hydrogens (tertiary/aromatic N) is 1. The third-order valence-electron chi connectivity index (χ3n) is 2.25. The Morgan fingerprint density at radius 3 is 2.81 bits per heavy atom. The average Bonchev–Trinajstić information content (AvgIpc) is 2.26. The molecule has 0 fully saturated rings. The minimum Gasteiger partial charge on any atom is -0.393 e. The van der Waals surface area contributed by atoms with Crippen molar-refractivity contribution < 1.29 is 9.90 Å². The molecule has 2 atom stereocenters. The first kappa shape index (κ1) is 12.6. The molecule has 1 rings (SSSR count). The first-order valence-corrected chi connectivity index (χ1v) is 5.47. The van der Waals surface area contributed by atoms with Gasteiger partial charge < -0.3 is 10.4 Å². The molecule has 0 aliphatic rings. The first-order chi connectivity index (χ1) is 7.59. The van der Waals surface area contributed by atoms with Gasteiger partial charge >= 0.3 is 0 Å². The standard InChI is InChI=1S/C12H18N2O2/c1-9(7-10(2)15)8-14-12(16)11-5-3-4-6-13-11/h3-6,9-10,15H,7-8H2,1-2H3,(H,14,16). The predicted octanol–water partition coefficient (Wildman–Crippen LogP) is 1.22. The monoisotopic (exact) mass is 222 g/mol. The lowest BCUT2D eigenvalue weighted by molar-refractivity contribution is 0.0934. The van der Waals surface area contributed by atoms with Crippen molar-refractivity contribution >= 4 is 5.91 Å². The van der Waals surface area contributed by atoms with Gasteiger partial charge in [0, 0.05) is 12.7 Å². The summed E-state index contributed by atoms with van der Waals surface area (Å²) in [6, 6.07) is 5.22. The van der Waals surface area contributed by atoms with E-state index in [0.717, 1.165) is 0 Å². The van der Waals surface area contributed by atoms with Crippen LogP contribution in [0.5, 0.6) is 0 Å². The van der Waals surface area contributed by atoms with Crippen molar-refractivity contribution in [3.05, 3.63) is 30.1 Å². The molecule has 1 heterocycles. The van der Waals surface area contributed by atoms with Crippen LogP contribution in [0.1, 0.15) is 30.8 Å². The molecule has 1 aromatic heterocycles. The van der Waals surface area contributed by atoms with E-state index in [1.165, 1.54) is 0 Å². The predicted molar refractivity (Wildman–Crippen MR) is 62.0 cm³/mol. The van der Waals surface area contributed by atoms with E-state index in [9.17, 15) is 9.90 Å². The molecule has 1 amide bonds. The Kier molecular flexibility index (Phi) is 4.92. The number of amides is 1. The van der Waals surface area contributed by atoms with Crippen LogP contribution in [-0.4, -0.2) is 28.6 Å². The van der Waals surface area contributed by atoms with Crippen LogP contribution in [0.25, 0.3) is 0 Å². The van der Waals surface area contributed by atoms with Gasteiger partial charge in [0.1, 0.15) is 5.69 Å². The second kappa shape index (κ2) is 6.23. The lowest BCUT2D eigenvalue weighted by Crippen LogP contribution is -2.30. The minimum absolute atomic E-state index is 0.168. The van der Waals surface area contributed by atoms with E-state index >= 15 is 0 Å². The van der Waals surface area contributed by atoms with Crippen LogP contribution in [0.15, 0.2) is 24.4 Å². The molecule has 0 saturated carbocycles. The number of hydrogen-bond donors (Lipinski definition) is 2. The molecule has 0 aliphatic carbocycles. The smallest absolute Gasteiger partial charge is 0.269 e. The van der Waals surface area contributed by atoms with Crippen molar-refractivity contribution in [1.82, 2.24) is 10.3 Å². The van der Waals surface area contributed by atoms with Crippen LogP contribution in [-0.2, 0) is 0 Å². The largest absolute Gasteiger partial charge is 0.393 e. The molecule has 0 radical (unpaired) electrons. The average molecular weight is 222 g/mol. The molecular weight excluding hydrogens is 204 g/mol. The lowest BCUT2D eigenvalue weighted by Gasteiger charge is -2.13. The number of carbonyl (C=O) groups is 1. The maximum Gasteiger partial charge on any atom is 0.269 e. The number of aliphatic hydroxyl groups is 1.